The summed E-state index contributed by atoms with van der Waals surface area (Å²) in [7, 11) is 1.89. The topological polar surface area (TPSA) is 98.3 Å². The predicted octanol–water partition coefficient (Wildman–Crippen LogP) is 0.303. The van der Waals surface area contributed by atoms with Crippen LogP contribution in [0.25, 0.3) is 0 Å². The summed E-state index contributed by atoms with van der Waals surface area (Å²) in [5, 5.41) is 10.7. The number of rotatable bonds is 5. The van der Waals surface area contributed by atoms with Crippen LogP contribution in [-0.2, 0) is 11.8 Å². The van der Waals surface area contributed by atoms with Gasteiger partial charge in [-0.1, -0.05) is 12.1 Å². The van der Waals surface area contributed by atoms with Crippen LogP contribution in [0.15, 0.2) is 16.9 Å². The lowest BCUT2D eigenvalue weighted by Crippen LogP contribution is -2.49. The second-order valence-electron chi connectivity index (χ2n) is 5.78. The molecule has 3 heterocycles. The van der Waals surface area contributed by atoms with Crippen LogP contribution >= 0.6 is 0 Å². The van der Waals surface area contributed by atoms with E-state index in [4.69, 9.17) is 9.26 Å². The largest absolute Gasteiger partial charge is 0.373 e. The molecule has 3 rings (SSSR count). The molecule has 2 aromatic heterocycles. The molecular weight excluding hydrogens is 312 g/mol. The van der Waals surface area contributed by atoms with Crippen LogP contribution in [0.5, 0.6) is 0 Å². The van der Waals surface area contributed by atoms with Gasteiger partial charge in [-0.15, -0.1) is 0 Å². The van der Waals surface area contributed by atoms with Gasteiger partial charge in [-0.2, -0.15) is 10.1 Å². The van der Waals surface area contributed by atoms with E-state index in [1.807, 2.05) is 19.4 Å². The number of ether oxygens (including phenoxy) is 1. The molecule has 2 aromatic rings. The molecule has 2 atom stereocenters. The molecular formula is C15H22N6O3. The Hall–Kier alpha value is -2.26. The smallest absolute Gasteiger partial charge is 0.292 e. The second-order valence-corrected chi connectivity index (χ2v) is 5.78. The van der Waals surface area contributed by atoms with Crippen LogP contribution < -0.4 is 5.32 Å². The number of nitrogens with one attached hydrogen (secondary N) is 1. The first kappa shape index (κ1) is 16.6. The van der Waals surface area contributed by atoms with Gasteiger partial charge in [0, 0.05) is 38.8 Å². The van der Waals surface area contributed by atoms with Crippen molar-refractivity contribution in [1.82, 2.24) is 30.1 Å². The number of hydrogen-bond acceptors (Lipinski definition) is 7. The van der Waals surface area contributed by atoms with E-state index in [-0.39, 0.29) is 23.9 Å². The predicted molar refractivity (Wildman–Crippen MR) is 84.3 cm³/mol. The van der Waals surface area contributed by atoms with E-state index in [1.54, 1.807) is 11.6 Å². The van der Waals surface area contributed by atoms with Crippen molar-refractivity contribution < 1.29 is 14.1 Å². The number of aryl methyl sites for hydroxylation is 2. The third-order valence-corrected chi connectivity index (χ3v) is 4.12. The summed E-state index contributed by atoms with van der Waals surface area (Å²) in [4.78, 5) is 18.4. The number of likely N-dealkylation sites (N-methyl/N-ethyl adjacent to an activating group) is 1. The molecule has 1 amide bonds. The molecule has 9 nitrogen and oxygen atoms in total. The number of aromatic nitrogens is 4. The first-order valence-corrected chi connectivity index (χ1v) is 8.01. The Bertz CT molecular complexity index is 697. The van der Waals surface area contributed by atoms with Crippen LogP contribution in [0, 0.1) is 6.92 Å². The van der Waals surface area contributed by atoms with Gasteiger partial charge in [0.15, 0.2) is 0 Å². The Morgan fingerprint density at radius 1 is 1.50 bits per heavy atom. The summed E-state index contributed by atoms with van der Waals surface area (Å²) in [5.41, 5.74) is 1.08. The summed E-state index contributed by atoms with van der Waals surface area (Å²) in [5.74, 6) is 0.0297. The minimum atomic E-state index is -0.367. The van der Waals surface area contributed by atoms with Crippen molar-refractivity contribution in [3.63, 3.8) is 0 Å². The minimum absolute atomic E-state index is 0.0357. The van der Waals surface area contributed by atoms with Gasteiger partial charge < -0.3 is 14.6 Å². The van der Waals surface area contributed by atoms with E-state index in [0.717, 1.165) is 18.7 Å². The summed E-state index contributed by atoms with van der Waals surface area (Å²) in [6.07, 6.45) is 3.67. The highest BCUT2D eigenvalue weighted by Gasteiger charge is 2.34. The summed E-state index contributed by atoms with van der Waals surface area (Å²) < 4.78 is 12.5. The monoisotopic (exact) mass is 334 g/mol. The van der Waals surface area contributed by atoms with Gasteiger partial charge in [0.2, 0.25) is 5.89 Å². The summed E-state index contributed by atoms with van der Waals surface area (Å²) >= 11 is 0. The Morgan fingerprint density at radius 2 is 2.33 bits per heavy atom. The maximum absolute atomic E-state index is 12.1. The minimum Gasteiger partial charge on any atom is -0.373 e. The SMILES string of the molecule is CCN1CCO[C@@H](CNC(=O)c2noc(C)n2)[C@@H]1c1cnn(C)c1. The average Bonchev–Trinajstić information content (AvgIpc) is 3.20. The zero-order valence-corrected chi connectivity index (χ0v) is 14.1. The maximum Gasteiger partial charge on any atom is 0.292 e. The molecule has 0 bridgehead atoms. The average molecular weight is 334 g/mol. The normalized spacial score (nSPS) is 21.8. The highest BCUT2D eigenvalue weighted by atomic mass is 16.5. The third kappa shape index (κ3) is 3.46. The summed E-state index contributed by atoms with van der Waals surface area (Å²) in [6, 6.07) is 0.0461. The van der Waals surface area contributed by atoms with Crippen LogP contribution in [0.1, 0.15) is 35.0 Å². The van der Waals surface area contributed by atoms with Crippen LogP contribution in [-0.4, -0.2) is 63.1 Å². The highest BCUT2D eigenvalue weighted by Crippen LogP contribution is 2.28. The molecule has 0 aliphatic carbocycles. The van der Waals surface area contributed by atoms with Crippen molar-refractivity contribution in [2.75, 3.05) is 26.2 Å². The Labute approximate surface area is 140 Å². The van der Waals surface area contributed by atoms with Crippen LogP contribution in [0.3, 0.4) is 0 Å². The first-order valence-electron chi connectivity index (χ1n) is 8.01. The second kappa shape index (κ2) is 7.10. The molecule has 0 aromatic carbocycles. The number of amides is 1. The van der Waals surface area contributed by atoms with Crippen molar-refractivity contribution in [2.45, 2.75) is 26.0 Å². The van der Waals surface area contributed by atoms with Gasteiger partial charge in [-0.3, -0.25) is 14.4 Å². The van der Waals surface area contributed by atoms with Crippen molar-refractivity contribution in [1.29, 1.82) is 0 Å². The zero-order chi connectivity index (χ0) is 17.1. The summed E-state index contributed by atoms with van der Waals surface area (Å²) in [6.45, 7) is 6.51. The molecule has 0 radical (unpaired) electrons. The highest BCUT2D eigenvalue weighted by molar-refractivity contribution is 5.90. The maximum atomic E-state index is 12.1. The fraction of sp³-hybridized carbons (Fsp3) is 0.600. The van der Waals surface area contributed by atoms with Crippen molar-refractivity contribution in [2.24, 2.45) is 7.05 Å². The molecule has 0 unspecified atom stereocenters. The molecule has 24 heavy (non-hydrogen) atoms. The quantitative estimate of drug-likeness (QED) is 0.840. The lowest BCUT2D eigenvalue weighted by molar-refractivity contribution is -0.0685. The van der Waals surface area contributed by atoms with Crippen molar-refractivity contribution >= 4 is 5.91 Å². The lowest BCUT2D eigenvalue weighted by atomic mass is 10.0. The number of nitrogens with zero attached hydrogens (tertiary/aromatic N) is 5. The van der Waals surface area contributed by atoms with Gasteiger partial charge in [0.05, 0.1) is 24.9 Å². The number of morpholine rings is 1. The standard InChI is InChI=1S/C15H22N6O3/c1-4-21-5-6-23-12(13(21)11-7-17-20(3)9-11)8-16-15(22)14-18-10(2)24-19-14/h7,9,12-13H,4-6,8H2,1-3H3,(H,16,22)/t12-,13-/m0/s1. The van der Waals surface area contributed by atoms with Crippen LogP contribution in [0.4, 0.5) is 0 Å². The number of carbonyl (C=O) groups excluding carboxylic acids is 1. The molecule has 1 aliphatic heterocycles. The molecule has 130 valence electrons. The van der Waals surface area contributed by atoms with Crippen molar-refractivity contribution in [3.05, 3.63) is 29.7 Å². The van der Waals surface area contributed by atoms with E-state index in [9.17, 15) is 4.79 Å². The van der Waals surface area contributed by atoms with Gasteiger partial charge in [0.1, 0.15) is 0 Å². The molecule has 1 N–H and O–H groups in total. The lowest BCUT2D eigenvalue weighted by Gasteiger charge is -2.40. The van der Waals surface area contributed by atoms with E-state index < -0.39 is 0 Å². The number of carbonyl (C=O) groups is 1. The fourth-order valence-electron chi connectivity index (χ4n) is 2.99. The Balaban J connectivity index is 1.70. The number of hydrogen-bond donors (Lipinski definition) is 1. The molecule has 0 saturated carbocycles. The fourth-order valence-corrected chi connectivity index (χ4v) is 2.99. The van der Waals surface area contributed by atoms with Gasteiger partial charge in [0.25, 0.3) is 11.7 Å². The van der Waals surface area contributed by atoms with Gasteiger partial charge >= 0.3 is 0 Å². The molecule has 1 saturated heterocycles. The van der Waals surface area contributed by atoms with Gasteiger partial charge in [-0.25, -0.2) is 0 Å². The van der Waals surface area contributed by atoms with E-state index >= 15 is 0 Å². The molecule has 0 spiro atoms. The Morgan fingerprint density at radius 3 is 2.96 bits per heavy atom. The van der Waals surface area contributed by atoms with E-state index in [2.05, 4.69) is 32.4 Å². The zero-order valence-electron chi connectivity index (χ0n) is 14.1. The van der Waals surface area contributed by atoms with Crippen LogP contribution in [0.2, 0.25) is 0 Å². The Kier molecular flexibility index (Phi) is 4.91. The first-order chi connectivity index (χ1) is 11.6. The molecule has 1 aliphatic rings. The van der Waals surface area contributed by atoms with Gasteiger partial charge in [-0.05, 0) is 6.54 Å². The van der Waals surface area contributed by atoms with E-state index in [0.29, 0.717) is 19.0 Å². The third-order valence-electron chi connectivity index (χ3n) is 4.12. The van der Waals surface area contributed by atoms with E-state index in [1.165, 1.54) is 0 Å². The molecule has 9 heteroatoms. The molecule has 1 fully saturated rings. The van der Waals surface area contributed by atoms with Crippen molar-refractivity contribution in [3.8, 4) is 0 Å².